The second-order valence-electron chi connectivity index (χ2n) is 5.34. The van der Waals surface area contributed by atoms with E-state index in [2.05, 4.69) is 15.6 Å². The second kappa shape index (κ2) is 5.51. The van der Waals surface area contributed by atoms with Gasteiger partial charge in [-0.05, 0) is 24.6 Å². The molecule has 0 unspecified atom stereocenters. The Balaban J connectivity index is 1.86. The van der Waals surface area contributed by atoms with Crippen molar-refractivity contribution in [1.82, 2.24) is 15.6 Å². The molecule has 0 bridgehead atoms. The Labute approximate surface area is 128 Å². The lowest BCUT2D eigenvalue weighted by atomic mass is 10.0. The summed E-state index contributed by atoms with van der Waals surface area (Å²) in [5.74, 6) is 0.176. The number of carbonyl (C=O) groups is 1. The lowest BCUT2D eigenvalue weighted by molar-refractivity contribution is -0.140. The molecule has 0 spiro atoms. The van der Waals surface area contributed by atoms with E-state index in [0.717, 1.165) is 30.5 Å². The third kappa shape index (κ3) is 2.80. The van der Waals surface area contributed by atoms with Gasteiger partial charge in [-0.3, -0.25) is 4.79 Å². The van der Waals surface area contributed by atoms with Crippen LogP contribution in [0.25, 0.3) is 10.2 Å². The summed E-state index contributed by atoms with van der Waals surface area (Å²) < 4.78 is 38.1. The van der Waals surface area contributed by atoms with Crippen molar-refractivity contribution in [3.8, 4) is 0 Å². The van der Waals surface area contributed by atoms with Gasteiger partial charge in [0.15, 0.2) is 0 Å². The zero-order chi connectivity index (χ0) is 15.9. The molecular weight excluding hydrogens is 315 g/mol. The monoisotopic (exact) mass is 329 g/mol. The first kappa shape index (κ1) is 15.2. The van der Waals surface area contributed by atoms with Gasteiger partial charge in [0.1, 0.15) is 10.5 Å². The van der Waals surface area contributed by atoms with E-state index in [9.17, 15) is 18.0 Å². The summed E-state index contributed by atoms with van der Waals surface area (Å²) >= 11 is 1.00. The average molecular weight is 329 g/mol. The maximum absolute atomic E-state index is 12.7. The normalized spacial score (nSPS) is 15.8. The van der Waals surface area contributed by atoms with E-state index in [4.69, 9.17) is 0 Å². The predicted octanol–water partition coefficient (Wildman–Crippen LogP) is 2.57. The van der Waals surface area contributed by atoms with Crippen molar-refractivity contribution in [2.24, 2.45) is 5.92 Å². The minimum Gasteiger partial charge on any atom is -0.351 e. The maximum atomic E-state index is 12.7. The Morgan fingerprint density at radius 1 is 1.45 bits per heavy atom. The number of carbonyl (C=O) groups excluding carboxylic acids is 1. The summed E-state index contributed by atoms with van der Waals surface area (Å²) in [5.41, 5.74) is -0.265. The van der Waals surface area contributed by atoms with Gasteiger partial charge in [0.25, 0.3) is 5.91 Å². The number of nitrogens with one attached hydrogen (secondary N) is 2. The molecule has 1 fully saturated rings. The molecule has 0 atom stereocenters. The number of fused-ring (bicyclic) bond motifs is 1. The second-order valence-corrected chi connectivity index (χ2v) is 6.34. The number of aromatic nitrogens is 1. The molecule has 0 saturated carbocycles. The van der Waals surface area contributed by atoms with Crippen LogP contribution < -0.4 is 10.6 Å². The van der Waals surface area contributed by atoms with E-state index in [1.807, 2.05) is 0 Å². The molecule has 1 saturated heterocycles. The Morgan fingerprint density at radius 2 is 2.18 bits per heavy atom. The number of aryl methyl sites for hydroxylation is 1. The van der Waals surface area contributed by atoms with Crippen LogP contribution in [0.4, 0.5) is 13.2 Å². The number of hydrogen-bond acceptors (Lipinski definition) is 4. The van der Waals surface area contributed by atoms with Crippen molar-refractivity contribution in [3.63, 3.8) is 0 Å². The Hall–Kier alpha value is -1.67. The minimum atomic E-state index is -4.48. The van der Waals surface area contributed by atoms with E-state index in [-0.39, 0.29) is 10.7 Å². The highest BCUT2D eigenvalue weighted by molar-refractivity contribution is 7.20. The number of alkyl halides is 3. The van der Waals surface area contributed by atoms with E-state index in [0.29, 0.717) is 28.3 Å². The molecule has 0 aromatic carbocycles. The molecule has 3 heterocycles. The number of hydrogen-bond donors (Lipinski definition) is 2. The third-order valence-corrected chi connectivity index (χ3v) is 4.92. The van der Waals surface area contributed by atoms with Crippen LogP contribution >= 0.6 is 11.3 Å². The first-order chi connectivity index (χ1) is 10.4. The largest absolute Gasteiger partial charge is 0.433 e. The van der Waals surface area contributed by atoms with Gasteiger partial charge < -0.3 is 10.6 Å². The van der Waals surface area contributed by atoms with Crippen LogP contribution in [0.3, 0.4) is 0 Å². The molecule has 0 aliphatic carbocycles. The molecule has 1 aliphatic heterocycles. The molecule has 2 aromatic rings. The zero-order valence-corrected chi connectivity index (χ0v) is 12.6. The van der Waals surface area contributed by atoms with Gasteiger partial charge in [-0.25, -0.2) is 4.98 Å². The van der Waals surface area contributed by atoms with Crippen molar-refractivity contribution in [3.05, 3.63) is 28.3 Å². The van der Waals surface area contributed by atoms with Crippen LogP contribution in [0.15, 0.2) is 12.1 Å². The fraction of sp³-hybridized carbons (Fsp3) is 0.429. The number of rotatable bonds is 3. The Kier molecular flexibility index (Phi) is 3.82. The average Bonchev–Trinajstić information content (AvgIpc) is 2.73. The van der Waals surface area contributed by atoms with Crippen molar-refractivity contribution >= 4 is 27.5 Å². The van der Waals surface area contributed by atoms with Gasteiger partial charge in [0.05, 0.1) is 4.88 Å². The highest BCUT2D eigenvalue weighted by atomic mass is 32.1. The summed E-state index contributed by atoms with van der Waals surface area (Å²) in [6.07, 6.45) is -4.48. The number of halogens is 3. The molecule has 118 valence electrons. The summed E-state index contributed by atoms with van der Waals surface area (Å²) in [5, 5.41) is 6.53. The Bertz CT molecular complexity index is 722. The first-order valence-corrected chi connectivity index (χ1v) is 7.64. The number of nitrogens with zero attached hydrogens (tertiary/aromatic N) is 1. The predicted molar refractivity (Wildman–Crippen MR) is 78.1 cm³/mol. The molecule has 1 aliphatic rings. The van der Waals surface area contributed by atoms with Gasteiger partial charge in [0.2, 0.25) is 0 Å². The molecule has 0 radical (unpaired) electrons. The number of thiophene rings is 1. The number of pyridine rings is 1. The van der Waals surface area contributed by atoms with Crippen molar-refractivity contribution in [2.45, 2.75) is 13.1 Å². The van der Waals surface area contributed by atoms with Crippen LogP contribution in [0.2, 0.25) is 0 Å². The molecule has 4 nitrogen and oxygen atoms in total. The van der Waals surface area contributed by atoms with E-state index < -0.39 is 11.9 Å². The van der Waals surface area contributed by atoms with E-state index in [1.54, 1.807) is 6.92 Å². The van der Waals surface area contributed by atoms with Crippen molar-refractivity contribution < 1.29 is 18.0 Å². The zero-order valence-electron chi connectivity index (χ0n) is 11.8. The van der Waals surface area contributed by atoms with Gasteiger partial charge >= 0.3 is 6.18 Å². The molecule has 3 rings (SSSR count). The van der Waals surface area contributed by atoms with Crippen LogP contribution in [0.1, 0.15) is 20.9 Å². The highest BCUT2D eigenvalue weighted by Crippen LogP contribution is 2.34. The van der Waals surface area contributed by atoms with Crippen LogP contribution in [0, 0.1) is 12.8 Å². The maximum Gasteiger partial charge on any atom is 0.433 e. The molecule has 8 heteroatoms. The topological polar surface area (TPSA) is 54.0 Å². The summed E-state index contributed by atoms with van der Waals surface area (Å²) in [6.45, 7) is 4.05. The van der Waals surface area contributed by atoms with E-state index >= 15 is 0 Å². The standard InChI is InChI=1S/C14H14F3N3OS/c1-7-9-2-3-10(14(15,16)17)20-13(9)22-11(7)12(21)19-6-8-4-18-5-8/h2-3,8,18H,4-6H2,1H3,(H,19,21). The quantitative estimate of drug-likeness (QED) is 0.910. The fourth-order valence-electron chi connectivity index (χ4n) is 2.28. The number of amides is 1. The van der Waals surface area contributed by atoms with Gasteiger partial charge in [-0.15, -0.1) is 11.3 Å². The highest BCUT2D eigenvalue weighted by Gasteiger charge is 2.33. The van der Waals surface area contributed by atoms with Crippen LogP contribution in [-0.2, 0) is 6.18 Å². The van der Waals surface area contributed by atoms with E-state index in [1.165, 1.54) is 6.07 Å². The summed E-state index contributed by atoms with van der Waals surface area (Å²) in [7, 11) is 0. The van der Waals surface area contributed by atoms with Gasteiger partial charge in [-0.1, -0.05) is 0 Å². The molecule has 1 amide bonds. The first-order valence-electron chi connectivity index (χ1n) is 6.82. The Morgan fingerprint density at radius 3 is 2.77 bits per heavy atom. The lowest BCUT2D eigenvalue weighted by Crippen LogP contribution is -2.48. The van der Waals surface area contributed by atoms with Gasteiger partial charge in [0, 0.05) is 30.9 Å². The third-order valence-electron chi connectivity index (χ3n) is 3.72. The smallest absolute Gasteiger partial charge is 0.351 e. The minimum absolute atomic E-state index is 0.239. The fourth-order valence-corrected chi connectivity index (χ4v) is 3.38. The van der Waals surface area contributed by atoms with Gasteiger partial charge in [-0.2, -0.15) is 13.2 Å². The van der Waals surface area contributed by atoms with Crippen molar-refractivity contribution in [1.29, 1.82) is 0 Å². The van der Waals surface area contributed by atoms with Crippen molar-refractivity contribution in [2.75, 3.05) is 19.6 Å². The molecule has 2 aromatic heterocycles. The molecular formula is C14H14F3N3OS. The molecule has 2 N–H and O–H groups in total. The lowest BCUT2D eigenvalue weighted by Gasteiger charge is -2.26. The van der Waals surface area contributed by atoms with Crippen LogP contribution in [-0.4, -0.2) is 30.5 Å². The SMILES string of the molecule is Cc1c(C(=O)NCC2CNC2)sc2nc(C(F)(F)F)ccc12. The summed E-state index contributed by atoms with van der Waals surface area (Å²) in [6, 6.07) is 2.33. The van der Waals surface area contributed by atoms with Crippen LogP contribution in [0.5, 0.6) is 0 Å². The summed E-state index contributed by atoms with van der Waals surface area (Å²) in [4.78, 5) is 16.5. The molecule has 22 heavy (non-hydrogen) atoms.